The number of nitrogens with zero attached hydrogens (tertiary/aromatic N) is 6. The van der Waals surface area contributed by atoms with Crippen molar-refractivity contribution < 1.29 is 4.39 Å². The summed E-state index contributed by atoms with van der Waals surface area (Å²) in [5, 5.41) is 9.57. The lowest BCUT2D eigenvalue weighted by molar-refractivity contribution is 0.305. The fourth-order valence-corrected chi connectivity index (χ4v) is 4.31. The third-order valence-corrected chi connectivity index (χ3v) is 5.83. The topological polar surface area (TPSA) is 59.7 Å². The van der Waals surface area contributed by atoms with Gasteiger partial charge in [0.25, 0.3) is 0 Å². The Morgan fingerprint density at radius 3 is 2.77 bits per heavy atom. The minimum atomic E-state index is -0.230. The van der Waals surface area contributed by atoms with Crippen LogP contribution < -0.4 is 0 Å². The van der Waals surface area contributed by atoms with E-state index in [1.165, 1.54) is 6.07 Å². The van der Waals surface area contributed by atoms with Gasteiger partial charge >= 0.3 is 0 Å². The first-order chi connectivity index (χ1) is 15.1. The first-order valence-corrected chi connectivity index (χ1v) is 10.9. The third-order valence-electron chi connectivity index (χ3n) is 4.80. The van der Waals surface area contributed by atoms with Gasteiger partial charge in [-0.15, -0.1) is 16.8 Å². The zero-order valence-corrected chi connectivity index (χ0v) is 18.1. The van der Waals surface area contributed by atoms with Crippen molar-refractivity contribution in [1.29, 1.82) is 0 Å². The molecule has 0 aliphatic rings. The molecule has 0 unspecified atom stereocenters. The minimum absolute atomic E-state index is 0.230. The highest BCUT2D eigenvalue weighted by Crippen LogP contribution is 2.23. The van der Waals surface area contributed by atoms with Gasteiger partial charge in [0.05, 0.1) is 17.6 Å². The highest BCUT2D eigenvalue weighted by atomic mass is 32.2. The monoisotopic (exact) mass is 434 g/mol. The molecule has 0 radical (unpaired) electrons. The predicted molar refractivity (Wildman–Crippen MR) is 121 cm³/mol. The van der Waals surface area contributed by atoms with Crippen molar-refractivity contribution in [3.8, 4) is 0 Å². The van der Waals surface area contributed by atoms with E-state index in [4.69, 9.17) is 0 Å². The van der Waals surface area contributed by atoms with E-state index in [2.05, 4.69) is 42.3 Å². The molecule has 4 aromatic rings. The van der Waals surface area contributed by atoms with Crippen LogP contribution in [0, 0.1) is 5.82 Å². The normalized spacial score (nSPS) is 11.3. The second kappa shape index (κ2) is 9.80. The number of benzene rings is 2. The van der Waals surface area contributed by atoms with E-state index < -0.39 is 0 Å². The maximum atomic E-state index is 13.4. The number of thioether (sulfide) groups is 1. The van der Waals surface area contributed by atoms with Crippen molar-refractivity contribution in [3.05, 3.63) is 90.3 Å². The molecule has 0 bridgehead atoms. The summed E-state index contributed by atoms with van der Waals surface area (Å²) < 4.78 is 15.5. The van der Waals surface area contributed by atoms with Gasteiger partial charge in [-0.3, -0.25) is 14.9 Å². The molecule has 8 heteroatoms. The molecule has 2 aromatic carbocycles. The van der Waals surface area contributed by atoms with E-state index in [0.717, 1.165) is 33.1 Å². The van der Waals surface area contributed by atoms with Crippen molar-refractivity contribution in [2.75, 3.05) is 7.05 Å². The molecule has 0 spiro atoms. The lowest BCUT2D eigenvalue weighted by atomic mass is 10.1. The van der Waals surface area contributed by atoms with Crippen molar-refractivity contribution in [2.24, 2.45) is 0 Å². The number of para-hydroxylation sites is 1. The Balaban J connectivity index is 1.48. The van der Waals surface area contributed by atoms with Crippen molar-refractivity contribution in [1.82, 2.24) is 29.6 Å². The van der Waals surface area contributed by atoms with Crippen molar-refractivity contribution in [3.63, 3.8) is 0 Å². The van der Waals surface area contributed by atoms with Gasteiger partial charge in [-0.1, -0.05) is 42.1 Å². The third kappa shape index (κ3) is 5.15. The highest BCUT2D eigenvalue weighted by Gasteiger charge is 2.15. The average Bonchev–Trinajstić information content (AvgIpc) is 3.14. The SMILES string of the molecule is C=CCn1c(CN(C)Cc2cccc3nccnc23)nnc1SCc1cccc(F)c1. The minimum Gasteiger partial charge on any atom is -0.301 e. The van der Waals surface area contributed by atoms with Gasteiger partial charge in [-0.2, -0.15) is 0 Å². The molecule has 0 aliphatic heterocycles. The van der Waals surface area contributed by atoms with Gasteiger partial charge in [0.2, 0.25) is 0 Å². The number of fused-ring (bicyclic) bond motifs is 1. The number of rotatable bonds is 9. The Hall–Kier alpha value is -3.10. The summed E-state index contributed by atoms with van der Waals surface area (Å²) in [6, 6.07) is 12.7. The summed E-state index contributed by atoms with van der Waals surface area (Å²) in [7, 11) is 2.04. The second-order valence-corrected chi connectivity index (χ2v) is 8.17. The molecule has 0 aliphatic carbocycles. The molecule has 4 rings (SSSR count). The van der Waals surface area contributed by atoms with E-state index in [1.54, 1.807) is 36.3 Å². The zero-order chi connectivity index (χ0) is 21.6. The second-order valence-electron chi connectivity index (χ2n) is 7.23. The van der Waals surface area contributed by atoms with Crippen LogP contribution in [-0.2, 0) is 25.4 Å². The van der Waals surface area contributed by atoms with E-state index in [0.29, 0.717) is 25.4 Å². The molecule has 0 amide bonds. The first-order valence-electron chi connectivity index (χ1n) is 9.91. The summed E-state index contributed by atoms with van der Waals surface area (Å²) in [5.74, 6) is 1.25. The molecule has 2 aromatic heterocycles. The van der Waals surface area contributed by atoms with Crippen LogP contribution in [0.3, 0.4) is 0 Å². The van der Waals surface area contributed by atoms with Crippen LogP contribution in [0.1, 0.15) is 17.0 Å². The maximum Gasteiger partial charge on any atom is 0.191 e. The molecule has 6 nitrogen and oxygen atoms in total. The molecule has 31 heavy (non-hydrogen) atoms. The molecule has 158 valence electrons. The predicted octanol–water partition coefficient (Wildman–Crippen LogP) is 4.47. The zero-order valence-electron chi connectivity index (χ0n) is 17.3. The Kier molecular flexibility index (Phi) is 6.69. The lowest BCUT2D eigenvalue weighted by Gasteiger charge is -2.17. The number of hydrogen-bond acceptors (Lipinski definition) is 6. The number of aromatic nitrogens is 5. The van der Waals surface area contributed by atoms with Crippen LogP contribution in [0.5, 0.6) is 0 Å². The van der Waals surface area contributed by atoms with E-state index >= 15 is 0 Å². The summed E-state index contributed by atoms with van der Waals surface area (Å²) >= 11 is 1.54. The van der Waals surface area contributed by atoms with Crippen LogP contribution in [0.2, 0.25) is 0 Å². The van der Waals surface area contributed by atoms with Gasteiger partial charge in [0.15, 0.2) is 5.16 Å². The summed E-state index contributed by atoms with van der Waals surface area (Å²) in [6.45, 7) is 5.81. The molecule has 0 atom stereocenters. The van der Waals surface area contributed by atoms with Crippen LogP contribution in [0.4, 0.5) is 4.39 Å². The Labute approximate surface area is 184 Å². The maximum absolute atomic E-state index is 13.4. The van der Waals surface area contributed by atoms with Crippen LogP contribution in [-0.4, -0.2) is 36.7 Å². The summed E-state index contributed by atoms with van der Waals surface area (Å²) in [5.41, 5.74) is 3.83. The van der Waals surface area contributed by atoms with Crippen molar-refractivity contribution >= 4 is 22.8 Å². The van der Waals surface area contributed by atoms with E-state index in [-0.39, 0.29) is 5.82 Å². The Bertz CT molecular complexity index is 1190. The Morgan fingerprint density at radius 2 is 1.94 bits per heavy atom. The van der Waals surface area contributed by atoms with Gasteiger partial charge in [-0.05, 0) is 36.4 Å². The first kappa shape index (κ1) is 21.1. The molecule has 0 saturated heterocycles. The van der Waals surface area contributed by atoms with Crippen molar-refractivity contribution in [2.45, 2.75) is 30.5 Å². The molecular formula is C23H23FN6S. The molecule has 0 saturated carbocycles. The molecule has 0 N–H and O–H groups in total. The van der Waals surface area contributed by atoms with E-state index in [9.17, 15) is 4.39 Å². The molecular weight excluding hydrogens is 411 g/mol. The van der Waals surface area contributed by atoms with Crippen LogP contribution in [0.25, 0.3) is 11.0 Å². The molecule has 2 heterocycles. The molecule has 0 fully saturated rings. The quantitative estimate of drug-likeness (QED) is 0.286. The van der Waals surface area contributed by atoms with Gasteiger partial charge in [0.1, 0.15) is 11.6 Å². The lowest BCUT2D eigenvalue weighted by Crippen LogP contribution is -2.20. The number of hydrogen-bond donors (Lipinski definition) is 0. The van der Waals surface area contributed by atoms with Gasteiger partial charge < -0.3 is 4.57 Å². The van der Waals surface area contributed by atoms with E-state index in [1.807, 2.05) is 31.3 Å². The highest BCUT2D eigenvalue weighted by molar-refractivity contribution is 7.98. The van der Waals surface area contributed by atoms with Crippen LogP contribution >= 0.6 is 11.8 Å². The fourth-order valence-electron chi connectivity index (χ4n) is 3.40. The fraction of sp³-hybridized carbons (Fsp3) is 0.217. The smallest absolute Gasteiger partial charge is 0.191 e. The summed E-state index contributed by atoms with van der Waals surface area (Å²) in [6.07, 6.45) is 5.25. The number of halogens is 1. The van der Waals surface area contributed by atoms with Gasteiger partial charge in [-0.25, -0.2) is 4.39 Å². The largest absolute Gasteiger partial charge is 0.301 e. The van der Waals surface area contributed by atoms with Crippen LogP contribution in [0.15, 0.2) is 72.7 Å². The average molecular weight is 435 g/mol. The number of allylic oxidation sites excluding steroid dienone is 1. The van der Waals surface area contributed by atoms with Gasteiger partial charge in [0, 0.05) is 31.2 Å². The summed E-state index contributed by atoms with van der Waals surface area (Å²) in [4.78, 5) is 11.0. The standard InChI is InChI=1S/C23H23FN6S/c1-3-12-30-21(27-28-23(30)31-16-17-6-4-8-19(24)13-17)15-29(2)14-18-7-5-9-20-22(18)26-11-10-25-20/h3-11,13H,1,12,14-16H2,2H3. The Morgan fingerprint density at radius 1 is 1.10 bits per heavy atom.